The maximum Gasteiger partial charge on any atom is 0.354 e. The maximum absolute atomic E-state index is 11.5. The smallest absolute Gasteiger partial charge is 0.354 e. The number of pyridine rings is 1. The molecule has 2 aromatic heterocycles. The number of nitrogens with zero attached hydrogens (tertiary/aromatic N) is 4. The van der Waals surface area contributed by atoms with Gasteiger partial charge in [0.1, 0.15) is 5.65 Å². The average molecular weight is 288 g/mol. The molecule has 3 rings (SSSR count). The van der Waals surface area contributed by atoms with Crippen LogP contribution in [0.2, 0.25) is 0 Å². The normalized spacial score (nSPS) is 16.6. The molecule has 2 aromatic rings. The minimum Gasteiger partial charge on any atom is -0.477 e. The Morgan fingerprint density at radius 1 is 1.24 bits per heavy atom. The van der Waals surface area contributed by atoms with Crippen molar-refractivity contribution in [3.63, 3.8) is 0 Å². The van der Waals surface area contributed by atoms with Gasteiger partial charge in [0.2, 0.25) is 0 Å². The Morgan fingerprint density at radius 2 is 1.90 bits per heavy atom. The molecule has 0 atom stereocenters. The maximum atomic E-state index is 11.5. The largest absolute Gasteiger partial charge is 0.477 e. The van der Waals surface area contributed by atoms with Gasteiger partial charge >= 0.3 is 5.97 Å². The Labute approximate surface area is 123 Å². The van der Waals surface area contributed by atoms with E-state index < -0.39 is 5.97 Å². The van der Waals surface area contributed by atoms with Crippen molar-refractivity contribution in [2.75, 3.05) is 38.1 Å². The van der Waals surface area contributed by atoms with E-state index in [2.05, 4.69) is 27.9 Å². The fraction of sp³-hybridized carbons (Fsp3) is 0.467. The van der Waals surface area contributed by atoms with Crippen LogP contribution in [0, 0.1) is 13.8 Å². The summed E-state index contributed by atoms with van der Waals surface area (Å²) in [6, 6.07) is 2.10. The molecule has 0 amide bonds. The highest BCUT2D eigenvalue weighted by Gasteiger charge is 2.20. The van der Waals surface area contributed by atoms with E-state index in [1.54, 1.807) is 11.3 Å². The van der Waals surface area contributed by atoms with E-state index in [0.717, 1.165) is 43.1 Å². The third kappa shape index (κ3) is 2.35. The van der Waals surface area contributed by atoms with E-state index >= 15 is 0 Å². The van der Waals surface area contributed by atoms with E-state index in [1.807, 2.05) is 13.1 Å². The van der Waals surface area contributed by atoms with Crippen LogP contribution >= 0.6 is 0 Å². The summed E-state index contributed by atoms with van der Waals surface area (Å²) in [5.74, 6) is -0.935. The molecule has 3 heterocycles. The summed E-state index contributed by atoms with van der Waals surface area (Å²) < 4.78 is 1.71. The van der Waals surface area contributed by atoms with Crippen molar-refractivity contribution < 1.29 is 9.90 Å². The summed E-state index contributed by atoms with van der Waals surface area (Å²) in [6.45, 7) is 7.67. The van der Waals surface area contributed by atoms with E-state index in [9.17, 15) is 9.90 Å². The zero-order valence-electron chi connectivity index (χ0n) is 12.6. The van der Waals surface area contributed by atoms with Crippen molar-refractivity contribution in [1.29, 1.82) is 0 Å². The lowest BCUT2D eigenvalue weighted by molar-refractivity contribution is 0.0688. The number of piperazine rings is 1. The quantitative estimate of drug-likeness (QED) is 0.905. The first-order chi connectivity index (χ1) is 9.97. The molecule has 21 heavy (non-hydrogen) atoms. The third-order valence-electron chi connectivity index (χ3n) is 4.13. The number of fused-ring (bicyclic) bond motifs is 1. The highest BCUT2D eigenvalue weighted by molar-refractivity contribution is 5.88. The van der Waals surface area contributed by atoms with Crippen LogP contribution in [0.1, 0.15) is 21.7 Å². The van der Waals surface area contributed by atoms with Crippen LogP contribution in [0.5, 0.6) is 0 Å². The molecule has 112 valence electrons. The van der Waals surface area contributed by atoms with Crippen LogP contribution in [0.25, 0.3) is 5.65 Å². The van der Waals surface area contributed by atoms with Crippen LogP contribution in [0.15, 0.2) is 12.3 Å². The summed E-state index contributed by atoms with van der Waals surface area (Å²) >= 11 is 0. The minimum absolute atomic E-state index is 0.254. The molecule has 0 saturated carbocycles. The summed E-state index contributed by atoms with van der Waals surface area (Å²) in [5.41, 5.74) is 3.60. The van der Waals surface area contributed by atoms with E-state index in [-0.39, 0.29) is 5.69 Å². The number of rotatable bonds is 2. The Kier molecular flexibility index (Phi) is 3.33. The summed E-state index contributed by atoms with van der Waals surface area (Å²) in [6.07, 6.45) is 1.90. The molecule has 1 aliphatic heterocycles. The predicted octanol–water partition coefficient (Wildman–Crippen LogP) is 1.40. The number of aryl methyl sites for hydroxylation is 2. The van der Waals surface area contributed by atoms with Gasteiger partial charge < -0.3 is 14.9 Å². The molecule has 0 radical (unpaired) electrons. The molecule has 6 heteroatoms. The molecular formula is C15H20N4O2. The van der Waals surface area contributed by atoms with Crippen LogP contribution in [-0.2, 0) is 0 Å². The number of likely N-dealkylation sites (N-methyl/N-ethyl adjacent to an activating group) is 1. The van der Waals surface area contributed by atoms with Gasteiger partial charge in [-0.1, -0.05) is 0 Å². The monoisotopic (exact) mass is 288 g/mol. The molecule has 0 unspecified atom stereocenters. The molecule has 0 aliphatic carbocycles. The molecule has 6 nitrogen and oxygen atoms in total. The van der Waals surface area contributed by atoms with Gasteiger partial charge in [-0.25, -0.2) is 9.78 Å². The summed E-state index contributed by atoms with van der Waals surface area (Å²) in [5, 5.41) is 9.40. The first-order valence-electron chi connectivity index (χ1n) is 7.13. The van der Waals surface area contributed by atoms with E-state index in [1.165, 1.54) is 0 Å². The van der Waals surface area contributed by atoms with Crippen LogP contribution in [-0.4, -0.2) is 58.6 Å². The van der Waals surface area contributed by atoms with Gasteiger partial charge in [-0.05, 0) is 32.5 Å². The van der Waals surface area contributed by atoms with Gasteiger partial charge in [-0.3, -0.25) is 4.40 Å². The molecule has 1 fully saturated rings. The van der Waals surface area contributed by atoms with Crippen LogP contribution in [0.3, 0.4) is 0 Å². The fourth-order valence-electron chi connectivity index (χ4n) is 2.90. The van der Waals surface area contributed by atoms with Crippen molar-refractivity contribution in [1.82, 2.24) is 14.3 Å². The van der Waals surface area contributed by atoms with Crippen molar-refractivity contribution in [3.8, 4) is 0 Å². The Bertz CT molecular complexity index is 699. The zero-order chi connectivity index (χ0) is 15.1. The first-order valence-corrected chi connectivity index (χ1v) is 7.13. The van der Waals surface area contributed by atoms with Crippen molar-refractivity contribution in [3.05, 3.63) is 29.2 Å². The van der Waals surface area contributed by atoms with Gasteiger partial charge in [0.25, 0.3) is 0 Å². The van der Waals surface area contributed by atoms with Crippen molar-refractivity contribution in [2.24, 2.45) is 0 Å². The van der Waals surface area contributed by atoms with E-state index in [4.69, 9.17) is 0 Å². The molecule has 1 N–H and O–H groups in total. The van der Waals surface area contributed by atoms with Gasteiger partial charge in [0.15, 0.2) is 5.69 Å². The molecule has 0 spiro atoms. The average Bonchev–Trinajstić information content (AvgIpc) is 2.76. The van der Waals surface area contributed by atoms with Gasteiger partial charge in [-0.2, -0.15) is 0 Å². The van der Waals surface area contributed by atoms with Crippen LogP contribution in [0.4, 0.5) is 5.69 Å². The topological polar surface area (TPSA) is 61.1 Å². The standard InChI is InChI=1S/C15H20N4O2/c1-10-8-12(18-6-4-17(3)5-7-18)9-19-13(15(20)21)11(2)16-14(10)19/h8-9H,4-7H2,1-3H3,(H,20,21). The molecule has 0 aromatic carbocycles. The van der Waals surface area contributed by atoms with Crippen LogP contribution < -0.4 is 4.90 Å². The minimum atomic E-state index is -0.935. The second-order valence-electron chi connectivity index (χ2n) is 5.72. The van der Waals surface area contributed by atoms with Gasteiger partial charge in [-0.15, -0.1) is 0 Å². The number of imidazole rings is 1. The summed E-state index contributed by atoms with van der Waals surface area (Å²) in [7, 11) is 2.12. The number of aromatic carboxylic acids is 1. The molecular weight excluding hydrogens is 268 g/mol. The van der Waals surface area contributed by atoms with Gasteiger partial charge in [0, 0.05) is 32.4 Å². The second kappa shape index (κ2) is 5.04. The number of anilines is 1. The lowest BCUT2D eigenvalue weighted by Gasteiger charge is -2.34. The van der Waals surface area contributed by atoms with Gasteiger partial charge in [0.05, 0.1) is 11.4 Å². The fourth-order valence-corrected chi connectivity index (χ4v) is 2.90. The lowest BCUT2D eigenvalue weighted by Crippen LogP contribution is -2.44. The number of aromatic nitrogens is 2. The Balaban J connectivity index is 2.09. The molecule has 1 saturated heterocycles. The summed E-state index contributed by atoms with van der Waals surface area (Å²) in [4.78, 5) is 20.4. The first kappa shape index (κ1) is 13.9. The molecule has 1 aliphatic rings. The highest BCUT2D eigenvalue weighted by Crippen LogP contribution is 2.23. The number of carboxylic acid groups (broad SMARTS) is 1. The Hall–Kier alpha value is -2.08. The third-order valence-corrected chi connectivity index (χ3v) is 4.13. The predicted molar refractivity (Wildman–Crippen MR) is 81.3 cm³/mol. The van der Waals surface area contributed by atoms with Crippen molar-refractivity contribution in [2.45, 2.75) is 13.8 Å². The Morgan fingerprint density at radius 3 is 2.52 bits per heavy atom. The van der Waals surface area contributed by atoms with E-state index in [0.29, 0.717) is 5.69 Å². The SMILES string of the molecule is Cc1nc2c(C)cc(N3CCN(C)CC3)cn2c1C(=O)O. The zero-order valence-corrected chi connectivity index (χ0v) is 12.6. The number of hydrogen-bond acceptors (Lipinski definition) is 4. The number of carbonyl (C=O) groups is 1. The number of carboxylic acids is 1. The lowest BCUT2D eigenvalue weighted by atomic mass is 10.2. The highest BCUT2D eigenvalue weighted by atomic mass is 16.4. The number of hydrogen-bond donors (Lipinski definition) is 1. The van der Waals surface area contributed by atoms with Crippen molar-refractivity contribution >= 4 is 17.3 Å². The molecule has 0 bridgehead atoms. The second-order valence-corrected chi connectivity index (χ2v) is 5.72.